The molecule has 1 atom stereocenters. The average molecular weight is 357 g/mol. The minimum Gasteiger partial charge on any atom is -0.375 e. The van der Waals surface area contributed by atoms with Crippen molar-refractivity contribution in [2.45, 2.75) is 45.4 Å². The number of rotatable bonds is 6. The predicted octanol–water partition coefficient (Wildman–Crippen LogP) is 2.97. The van der Waals surface area contributed by atoms with Gasteiger partial charge >= 0.3 is 0 Å². The van der Waals surface area contributed by atoms with Crippen LogP contribution in [0.1, 0.15) is 36.3 Å². The molecule has 0 radical (unpaired) electrons. The van der Waals surface area contributed by atoms with Crippen molar-refractivity contribution in [1.82, 2.24) is 15.0 Å². The van der Waals surface area contributed by atoms with E-state index in [0.29, 0.717) is 18.6 Å². The van der Waals surface area contributed by atoms with Crippen molar-refractivity contribution in [2.24, 2.45) is 5.41 Å². The number of aromatic nitrogens is 2. The van der Waals surface area contributed by atoms with Crippen LogP contribution in [0.4, 0.5) is 0 Å². The van der Waals surface area contributed by atoms with E-state index in [1.165, 1.54) is 12.8 Å². The maximum atomic E-state index is 6.05. The van der Waals surface area contributed by atoms with E-state index in [4.69, 9.17) is 14.0 Å². The van der Waals surface area contributed by atoms with Crippen LogP contribution in [0.25, 0.3) is 0 Å². The van der Waals surface area contributed by atoms with E-state index in [9.17, 15) is 0 Å². The number of piperidine rings is 1. The summed E-state index contributed by atoms with van der Waals surface area (Å²) in [6, 6.07) is 6.00. The first-order valence-corrected chi connectivity index (χ1v) is 9.44. The van der Waals surface area contributed by atoms with Gasteiger partial charge in [-0.25, -0.2) is 0 Å². The third kappa shape index (κ3) is 4.31. The molecule has 0 aromatic carbocycles. The SMILES string of the molecule is Cc1cc(CN2CCC3(CC2)CO[C@H](COCc2cccnc2)C3)no1. The number of likely N-dealkylation sites (tertiary alicyclic amines) is 1. The van der Waals surface area contributed by atoms with E-state index in [0.717, 1.165) is 49.7 Å². The minimum absolute atomic E-state index is 0.219. The van der Waals surface area contributed by atoms with Crippen LogP contribution in [0.2, 0.25) is 0 Å². The number of aryl methyl sites for hydroxylation is 1. The van der Waals surface area contributed by atoms with E-state index in [-0.39, 0.29) is 6.10 Å². The lowest BCUT2D eigenvalue weighted by Crippen LogP contribution is -2.40. The fourth-order valence-corrected chi connectivity index (χ4v) is 4.05. The molecule has 2 saturated heterocycles. The summed E-state index contributed by atoms with van der Waals surface area (Å²) >= 11 is 0. The molecule has 2 aliphatic heterocycles. The lowest BCUT2D eigenvalue weighted by molar-refractivity contribution is 0.00625. The minimum atomic E-state index is 0.219. The highest BCUT2D eigenvalue weighted by atomic mass is 16.5. The van der Waals surface area contributed by atoms with E-state index in [2.05, 4.69) is 15.0 Å². The summed E-state index contributed by atoms with van der Waals surface area (Å²) in [5.74, 6) is 0.881. The molecular formula is C20H27N3O3. The van der Waals surface area contributed by atoms with Gasteiger partial charge < -0.3 is 14.0 Å². The van der Waals surface area contributed by atoms with Crippen LogP contribution in [0.3, 0.4) is 0 Å². The second kappa shape index (κ2) is 7.86. The van der Waals surface area contributed by atoms with Crippen LogP contribution in [-0.4, -0.2) is 47.4 Å². The molecule has 2 aliphatic rings. The van der Waals surface area contributed by atoms with Crippen molar-refractivity contribution < 1.29 is 14.0 Å². The molecule has 2 aromatic rings. The molecule has 0 unspecified atom stereocenters. The molecular weight excluding hydrogens is 330 g/mol. The maximum absolute atomic E-state index is 6.05. The molecule has 6 heteroatoms. The zero-order chi connectivity index (χ0) is 17.8. The third-order valence-corrected chi connectivity index (χ3v) is 5.56. The van der Waals surface area contributed by atoms with Crippen LogP contribution in [0, 0.1) is 12.3 Å². The second-order valence-electron chi connectivity index (χ2n) is 7.72. The third-order valence-electron chi connectivity index (χ3n) is 5.56. The summed E-state index contributed by atoms with van der Waals surface area (Å²) < 4.78 is 17.1. The molecule has 0 aliphatic carbocycles. The second-order valence-corrected chi connectivity index (χ2v) is 7.72. The number of hydrogen-bond donors (Lipinski definition) is 0. The number of hydrogen-bond acceptors (Lipinski definition) is 6. The fraction of sp³-hybridized carbons (Fsp3) is 0.600. The average Bonchev–Trinajstić information content (AvgIpc) is 3.25. The molecule has 0 amide bonds. The van der Waals surface area contributed by atoms with Crippen LogP contribution < -0.4 is 0 Å². The van der Waals surface area contributed by atoms with Crippen LogP contribution >= 0.6 is 0 Å². The van der Waals surface area contributed by atoms with E-state index < -0.39 is 0 Å². The van der Waals surface area contributed by atoms with Gasteiger partial charge in [0, 0.05) is 25.0 Å². The molecule has 6 nitrogen and oxygen atoms in total. The molecule has 0 bridgehead atoms. The van der Waals surface area contributed by atoms with Crippen molar-refractivity contribution in [1.29, 1.82) is 0 Å². The standard InChI is InChI=1S/C20H27N3O3/c1-16-9-18(22-26-16)12-23-7-4-20(5-8-23)10-19(25-15-20)14-24-13-17-3-2-6-21-11-17/h2-3,6,9,11,19H,4-5,7-8,10,12-15H2,1H3/t19-/m0/s1. The van der Waals surface area contributed by atoms with Gasteiger partial charge in [-0.1, -0.05) is 11.2 Å². The number of pyridine rings is 1. The van der Waals surface area contributed by atoms with Gasteiger partial charge in [0.25, 0.3) is 0 Å². The number of nitrogens with zero attached hydrogens (tertiary/aromatic N) is 3. The van der Waals surface area contributed by atoms with Crippen molar-refractivity contribution in [3.63, 3.8) is 0 Å². The van der Waals surface area contributed by atoms with Gasteiger partial charge in [-0.05, 0) is 56.3 Å². The Balaban J connectivity index is 1.20. The normalized spacial score (nSPS) is 22.9. The molecule has 0 saturated carbocycles. The van der Waals surface area contributed by atoms with Gasteiger partial charge in [0.05, 0.1) is 31.6 Å². The Bertz CT molecular complexity index is 695. The van der Waals surface area contributed by atoms with Crippen molar-refractivity contribution >= 4 is 0 Å². The van der Waals surface area contributed by atoms with Gasteiger partial charge in [0.1, 0.15) is 5.76 Å². The quantitative estimate of drug-likeness (QED) is 0.792. The maximum Gasteiger partial charge on any atom is 0.133 e. The van der Waals surface area contributed by atoms with Gasteiger partial charge in [0.2, 0.25) is 0 Å². The Morgan fingerprint density at radius 3 is 2.96 bits per heavy atom. The molecule has 140 valence electrons. The molecule has 4 rings (SSSR count). The topological polar surface area (TPSA) is 60.6 Å². The molecule has 0 N–H and O–H groups in total. The molecule has 26 heavy (non-hydrogen) atoms. The molecule has 4 heterocycles. The predicted molar refractivity (Wildman–Crippen MR) is 96.4 cm³/mol. The van der Waals surface area contributed by atoms with Crippen LogP contribution in [-0.2, 0) is 22.6 Å². The summed E-state index contributed by atoms with van der Waals surface area (Å²) in [6.45, 7) is 7.14. The summed E-state index contributed by atoms with van der Waals surface area (Å²) in [5, 5.41) is 4.11. The Hall–Kier alpha value is -1.76. The molecule has 2 aromatic heterocycles. The highest BCUT2D eigenvalue weighted by molar-refractivity contribution is 5.07. The highest BCUT2D eigenvalue weighted by Gasteiger charge is 2.42. The van der Waals surface area contributed by atoms with E-state index in [1.807, 2.05) is 31.3 Å². The lowest BCUT2D eigenvalue weighted by atomic mass is 9.76. The van der Waals surface area contributed by atoms with Gasteiger partial charge in [-0.15, -0.1) is 0 Å². The Morgan fingerprint density at radius 1 is 1.35 bits per heavy atom. The smallest absolute Gasteiger partial charge is 0.133 e. The van der Waals surface area contributed by atoms with Crippen molar-refractivity contribution in [3.05, 3.63) is 47.6 Å². The summed E-state index contributed by atoms with van der Waals surface area (Å²) in [7, 11) is 0. The van der Waals surface area contributed by atoms with Crippen LogP contribution in [0.5, 0.6) is 0 Å². The zero-order valence-corrected chi connectivity index (χ0v) is 15.4. The van der Waals surface area contributed by atoms with Gasteiger partial charge in [0.15, 0.2) is 0 Å². The number of ether oxygens (including phenoxy) is 2. The first-order valence-electron chi connectivity index (χ1n) is 9.44. The highest BCUT2D eigenvalue weighted by Crippen LogP contribution is 2.42. The summed E-state index contributed by atoms with van der Waals surface area (Å²) in [4.78, 5) is 6.58. The van der Waals surface area contributed by atoms with E-state index >= 15 is 0 Å². The Labute approximate surface area is 154 Å². The van der Waals surface area contributed by atoms with Gasteiger partial charge in [-0.3, -0.25) is 9.88 Å². The Kier molecular flexibility index (Phi) is 5.33. The fourth-order valence-electron chi connectivity index (χ4n) is 4.05. The van der Waals surface area contributed by atoms with Gasteiger partial charge in [-0.2, -0.15) is 0 Å². The summed E-state index contributed by atoms with van der Waals surface area (Å²) in [6.07, 6.45) is 7.33. The largest absolute Gasteiger partial charge is 0.375 e. The monoisotopic (exact) mass is 357 g/mol. The van der Waals surface area contributed by atoms with Crippen molar-refractivity contribution in [2.75, 3.05) is 26.3 Å². The van der Waals surface area contributed by atoms with Crippen LogP contribution in [0.15, 0.2) is 35.1 Å². The van der Waals surface area contributed by atoms with E-state index in [1.54, 1.807) is 6.20 Å². The first kappa shape index (κ1) is 17.6. The molecule has 1 spiro atoms. The summed E-state index contributed by atoms with van der Waals surface area (Å²) in [5.41, 5.74) is 2.47. The van der Waals surface area contributed by atoms with Crippen molar-refractivity contribution in [3.8, 4) is 0 Å². The molecule has 2 fully saturated rings. The zero-order valence-electron chi connectivity index (χ0n) is 15.4. The Morgan fingerprint density at radius 2 is 2.23 bits per heavy atom. The lowest BCUT2D eigenvalue weighted by Gasteiger charge is -2.38. The first-order chi connectivity index (χ1) is 12.7.